The molecule has 1 aromatic carbocycles. The number of hydrogen-bond acceptors (Lipinski definition) is 4. The van der Waals surface area contributed by atoms with Crippen molar-refractivity contribution in [3.05, 3.63) is 39.4 Å². The van der Waals surface area contributed by atoms with Gasteiger partial charge in [0, 0.05) is 12.6 Å². The van der Waals surface area contributed by atoms with Crippen molar-refractivity contribution in [2.75, 3.05) is 6.54 Å². The van der Waals surface area contributed by atoms with Crippen molar-refractivity contribution < 1.29 is 19.6 Å². The van der Waals surface area contributed by atoms with E-state index in [0.717, 1.165) is 0 Å². The summed E-state index contributed by atoms with van der Waals surface area (Å²) in [5.74, 6) is -1.68. The maximum Gasteiger partial charge on any atom is 0.305 e. The molecular weight excluding hydrogens is 240 g/mol. The number of carboxylic acid groups (broad SMARTS) is 1. The molecule has 0 saturated heterocycles. The summed E-state index contributed by atoms with van der Waals surface area (Å²) in [4.78, 5) is 32.2. The predicted octanol–water partition coefficient (Wildman–Crippen LogP) is 1.11. The maximum absolute atomic E-state index is 11.8. The van der Waals surface area contributed by atoms with Crippen molar-refractivity contribution in [3.63, 3.8) is 0 Å². The Morgan fingerprint density at radius 3 is 2.67 bits per heavy atom. The van der Waals surface area contributed by atoms with Crippen LogP contribution in [0, 0.1) is 17.0 Å². The molecule has 0 saturated carbocycles. The van der Waals surface area contributed by atoms with E-state index in [4.69, 9.17) is 5.11 Å². The number of nitro benzene ring substituents is 1. The number of carboxylic acids is 1. The lowest BCUT2D eigenvalue weighted by Crippen LogP contribution is -2.27. The maximum atomic E-state index is 11.8. The minimum atomic E-state index is -1.05. The van der Waals surface area contributed by atoms with Crippen LogP contribution in [0.5, 0.6) is 0 Å². The van der Waals surface area contributed by atoms with E-state index < -0.39 is 16.8 Å². The van der Waals surface area contributed by atoms with E-state index in [0.29, 0.717) is 5.56 Å². The molecule has 18 heavy (non-hydrogen) atoms. The number of carbonyl (C=O) groups is 2. The molecule has 0 spiro atoms. The lowest BCUT2D eigenvalue weighted by atomic mass is 10.1. The first-order chi connectivity index (χ1) is 8.43. The number of aryl methyl sites for hydroxylation is 1. The molecule has 2 N–H and O–H groups in total. The third-order valence-corrected chi connectivity index (χ3v) is 2.30. The fourth-order valence-corrected chi connectivity index (χ4v) is 1.47. The van der Waals surface area contributed by atoms with Crippen LogP contribution in [0.25, 0.3) is 0 Å². The summed E-state index contributed by atoms with van der Waals surface area (Å²) >= 11 is 0. The van der Waals surface area contributed by atoms with Gasteiger partial charge in [0.1, 0.15) is 5.56 Å². The number of hydrogen-bond donors (Lipinski definition) is 2. The zero-order valence-corrected chi connectivity index (χ0v) is 9.67. The molecular formula is C11H12N2O5. The molecule has 0 aromatic heterocycles. The largest absolute Gasteiger partial charge is 0.481 e. The standard InChI is InChI=1S/C11H12N2O5/c1-7-3-2-4-8(13(17)18)10(7)11(16)12-6-5-9(14)15/h2-4H,5-6H2,1H3,(H,12,16)(H,14,15). The summed E-state index contributed by atoms with van der Waals surface area (Å²) in [6, 6.07) is 4.31. The average molecular weight is 252 g/mol. The summed E-state index contributed by atoms with van der Waals surface area (Å²) in [7, 11) is 0. The van der Waals surface area contributed by atoms with Crippen LogP contribution in [0.4, 0.5) is 5.69 Å². The highest BCUT2D eigenvalue weighted by Crippen LogP contribution is 2.21. The second kappa shape index (κ2) is 5.76. The van der Waals surface area contributed by atoms with Crippen LogP contribution >= 0.6 is 0 Å². The van der Waals surface area contributed by atoms with E-state index in [-0.39, 0.29) is 24.2 Å². The van der Waals surface area contributed by atoms with E-state index in [1.165, 1.54) is 12.1 Å². The Morgan fingerprint density at radius 1 is 1.44 bits per heavy atom. The first-order valence-electron chi connectivity index (χ1n) is 5.17. The molecule has 1 rings (SSSR count). The second-order valence-corrected chi connectivity index (χ2v) is 3.63. The van der Waals surface area contributed by atoms with Gasteiger partial charge in [0.2, 0.25) is 0 Å². The Balaban J connectivity index is 2.91. The number of nitrogens with one attached hydrogen (secondary N) is 1. The lowest BCUT2D eigenvalue weighted by molar-refractivity contribution is -0.385. The van der Waals surface area contributed by atoms with Crippen molar-refractivity contribution in [3.8, 4) is 0 Å². The molecule has 0 aliphatic carbocycles. The predicted molar refractivity (Wildman–Crippen MR) is 62.4 cm³/mol. The van der Waals surface area contributed by atoms with Gasteiger partial charge in [0.15, 0.2) is 0 Å². The van der Waals surface area contributed by atoms with Crippen LogP contribution in [-0.4, -0.2) is 28.5 Å². The van der Waals surface area contributed by atoms with Gasteiger partial charge in [-0.05, 0) is 12.5 Å². The van der Waals surface area contributed by atoms with Gasteiger partial charge in [0.25, 0.3) is 11.6 Å². The van der Waals surface area contributed by atoms with Gasteiger partial charge in [-0.3, -0.25) is 19.7 Å². The summed E-state index contributed by atoms with van der Waals surface area (Å²) in [5, 5.41) is 21.6. The van der Waals surface area contributed by atoms with Crippen molar-refractivity contribution in [1.82, 2.24) is 5.32 Å². The fraction of sp³-hybridized carbons (Fsp3) is 0.273. The highest BCUT2D eigenvalue weighted by molar-refractivity contribution is 5.99. The first-order valence-corrected chi connectivity index (χ1v) is 5.17. The van der Waals surface area contributed by atoms with Crippen LogP contribution < -0.4 is 5.32 Å². The lowest BCUT2D eigenvalue weighted by Gasteiger charge is -2.07. The van der Waals surface area contributed by atoms with Crippen LogP contribution in [0.2, 0.25) is 0 Å². The molecule has 1 aromatic rings. The van der Waals surface area contributed by atoms with Gasteiger partial charge in [-0.1, -0.05) is 12.1 Å². The molecule has 0 radical (unpaired) electrons. The average Bonchev–Trinajstić information content (AvgIpc) is 2.27. The normalized spacial score (nSPS) is 9.83. The van der Waals surface area contributed by atoms with Gasteiger partial charge in [0.05, 0.1) is 11.3 Å². The Morgan fingerprint density at radius 2 is 2.11 bits per heavy atom. The van der Waals surface area contributed by atoms with E-state index in [2.05, 4.69) is 5.32 Å². The number of nitro groups is 1. The van der Waals surface area contributed by atoms with Crippen molar-refractivity contribution in [2.45, 2.75) is 13.3 Å². The Bertz CT molecular complexity index is 498. The van der Waals surface area contributed by atoms with Crippen LogP contribution in [0.15, 0.2) is 18.2 Å². The number of amides is 1. The Hall–Kier alpha value is -2.44. The third-order valence-electron chi connectivity index (χ3n) is 2.30. The molecule has 0 aliphatic rings. The van der Waals surface area contributed by atoms with Crippen molar-refractivity contribution >= 4 is 17.6 Å². The smallest absolute Gasteiger partial charge is 0.305 e. The van der Waals surface area contributed by atoms with Gasteiger partial charge in [-0.25, -0.2) is 0 Å². The highest BCUT2D eigenvalue weighted by atomic mass is 16.6. The van der Waals surface area contributed by atoms with Gasteiger partial charge in [-0.2, -0.15) is 0 Å². The zero-order chi connectivity index (χ0) is 13.7. The minimum absolute atomic E-state index is 0.0344. The fourth-order valence-electron chi connectivity index (χ4n) is 1.47. The summed E-state index contributed by atoms with van der Waals surface area (Å²) in [6.07, 6.45) is -0.231. The molecule has 0 unspecified atom stereocenters. The molecule has 96 valence electrons. The quantitative estimate of drug-likeness (QED) is 0.602. The first kappa shape index (κ1) is 13.6. The van der Waals surface area contributed by atoms with E-state index in [1.807, 2.05) is 0 Å². The topological polar surface area (TPSA) is 110 Å². The Labute approximate surface area is 103 Å². The number of carbonyl (C=O) groups excluding carboxylic acids is 1. The minimum Gasteiger partial charge on any atom is -0.481 e. The van der Waals surface area contributed by atoms with Crippen LogP contribution in [-0.2, 0) is 4.79 Å². The molecule has 1 amide bonds. The van der Waals surface area contributed by atoms with Crippen LogP contribution in [0.3, 0.4) is 0 Å². The third kappa shape index (κ3) is 3.27. The number of nitrogens with zero attached hydrogens (tertiary/aromatic N) is 1. The second-order valence-electron chi connectivity index (χ2n) is 3.63. The van der Waals surface area contributed by atoms with Gasteiger partial charge >= 0.3 is 5.97 Å². The summed E-state index contributed by atoms with van der Waals surface area (Å²) in [5.41, 5.74) is 0.146. The molecule has 0 bridgehead atoms. The van der Waals surface area contributed by atoms with E-state index in [1.54, 1.807) is 13.0 Å². The van der Waals surface area contributed by atoms with E-state index >= 15 is 0 Å². The monoisotopic (exact) mass is 252 g/mol. The van der Waals surface area contributed by atoms with Gasteiger partial charge < -0.3 is 10.4 Å². The van der Waals surface area contributed by atoms with E-state index in [9.17, 15) is 19.7 Å². The molecule has 0 atom stereocenters. The van der Waals surface area contributed by atoms with Gasteiger partial charge in [-0.15, -0.1) is 0 Å². The number of benzene rings is 1. The molecule has 0 fully saturated rings. The summed E-state index contributed by atoms with van der Waals surface area (Å²) in [6.45, 7) is 1.51. The van der Waals surface area contributed by atoms with Crippen LogP contribution in [0.1, 0.15) is 22.3 Å². The molecule has 0 aliphatic heterocycles. The van der Waals surface area contributed by atoms with Crippen molar-refractivity contribution in [1.29, 1.82) is 0 Å². The molecule has 0 heterocycles. The highest BCUT2D eigenvalue weighted by Gasteiger charge is 2.21. The number of rotatable bonds is 5. The summed E-state index contributed by atoms with van der Waals surface area (Å²) < 4.78 is 0. The Kier molecular flexibility index (Phi) is 4.36. The van der Waals surface area contributed by atoms with Crippen molar-refractivity contribution in [2.24, 2.45) is 0 Å². The molecule has 7 nitrogen and oxygen atoms in total. The zero-order valence-electron chi connectivity index (χ0n) is 9.67. The number of aliphatic carboxylic acids is 1. The molecule has 7 heteroatoms. The SMILES string of the molecule is Cc1cccc([N+](=O)[O-])c1C(=O)NCCC(=O)O.